The summed E-state index contributed by atoms with van der Waals surface area (Å²) in [4.78, 5) is 9.70. The second-order valence-corrected chi connectivity index (χ2v) is 9.02. The average Bonchev–Trinajstić information content (AvgIpc) is 2.70. The van der Waals surface area contributed by atoms with Crippen molar-refractivity contribution in [3.8, 4) is 5.75 Å². The summed E-state index contributed by atoms with van der Waals surface area (Å²) < 4.78 is 21.9. The van der Waals surface area contributed by atoms with Crippen molar-refractivity contribution in [3.63, 3.8) is 0 Å². The second kappa shape index (κ2) is 17.7. The fourth-order valence-corrected chi connectivity index (χ4v) is 3.97. The van der Waals surface area contributed by atoms with Crippen LogP contribution in [-0.4, -0.2) is 11.5 Å². The number of phosphoric ester groups is 1. The summed E-state index contributed by atoms with van der Waals surface area (Å²) in [7, 11) is -4.01. The van der Waals surface area contributed by atoms with Gasteiger partial charge >= 0.3 is 7.82 Å². The maximum Gasteiger partial charge on any atom is 0.527 e. The van der Waals surface area contributed by atoms with Crippen LogP contribution in [0.3, 0.4) is 0 Å². The van der Waals surface area contributed by atoms with E-state index in [0.717, 1.165) is 19.3 Å². The topological polar surface area (TPSA) is 55.8 Å². The average molecular weight is 425 g/mol. The van der Waals surface area contributed by atoms with Crippen molar-refractivity contribution in [3.05, 3.63) is 42.5 Å². The lowest BCUT2D eigenvalue weighted by Gasteiger charge is -2.12. The van der Waals surface area contributed by atoms with Crippen LogP contribution < -0.4 is 4.52 Å². The first-order valence-electron chi connectivity index (χ1n) is 11.5. The molecule has 0 saturated heterocycles. The summed E-state index contributed by atoms with van der Waals surface area (Å²) in [5.74, 6) is 0.347. The molecule has 0 aromatic heterocycles. The molecule has 0 amide bonds. The van der Waals surface area contributed by atoms with Crippen molar-refractivity contribution in [1.82, 2.24) is 0 Å². The Labute approximate surface area is 178 Å². The van der Waals surface area contributed by atoms with Gasteiger partial charge in [-0.3, -0.25) is 9.42 Å². The Kier molecular flexibility index (Phi) is 15.9. The number of para-hydroxylation sites is 1. The molecular weight excluding hydrogens is 383 g/mol. The molecule has 166 valence electrons. The van der Waals surface area contributed by atoms with Crippen molar-refractivity contribution >= 4 is 7.82 Å². The minimum atomic E-state index is -4.01. The van der Waals surface area contributed by atoms with E-state index >= 15 is 0 Å². The molecule has 0 aliphatic carbocycles. The highest BCUT2D eigenvalue weighted by Gasteiger charge is 2.22. The number of hydrogen-bond acceptors (Lipinski definition) is 3. The third kappa shape index (κ3) is 16.4. The molecule has 1 atom stereocenters. The monoisotopic (exact) mass is 424 g/mol. The van der Waals surface area contributed by atoms with Crippen LogP contribution in [0.5, 0.6) is 5.75 Å². The van der Waals surface area contributed by atoms with Gasteiger partial charge in [0.05, 0.1) is 6.61 Å². The third-order valence-corrected chi connectivity index (χ3v) is 5.82. The van der Waals surface area contributed by atoms with Crippen LogP contribution >= 0.6 is 7.82 Å². The van der Waals surface area contributed by atoms with E-state index in [0.29, 0.717) is 5.75 Å². The van der Waals surface area contributed by atoms with Crippen LogP contribution in [0.1, 0.15) is 96.8 Å². The van der Waals surface area contributed by atoms with Crippen LogP contribution in [0.4, 0.5) is 0 Å². The van der Waals surface area contributed by atoms with Gasteiger partial charge < -0.3 is 4.52 Å². The Hall–Kier alpha value is -1.09. The summed E-state index contributed by atoms with van der Waals surface area (Å²) in [6, 6.07) is 8.59. The molecule has 0 saturated carbocycles. The van der Waals surface area contributed by atoms with E-state index in [2.05, 4.69) is 19.1 Å². The second-order valence-electron chi connectivity index (χ2n) is 7.64. The van der Waals surface area contributed by atoms with Gasteiger partial charge in [-0.2, -0.15) is 0 Å². The Morgan fingerprint density at radius 1 is 0.793 bits per heavy atom. The number of benzene rings is 1. The van der Waals surface area contributed by atoms with E-state index in [1.54, 1.807) is 24.3 Å². The molecule has 0 fully saturated rings. The van der Waals surface area contributed by atoms with Crippen LogP contribution in [0.2, 0.25) is 0 Å². The fourth-order valence-electron chi connectivity index (χ4n) is 3.17. The predicted molar refractivity (Wildman–Crippen MR) is 122 cm³/mol. The molecule has 0 aliphatic heterocycles. The predicted octanol–water partition coefficient (Wildman–Crippen LogP) is 8.22. The molecule has 1 aromatic carbocycles. The zero-order valence-electron chi connectivity index (χ0n) is 18.3. The van der Waals surface area contributed by atoms with E-state index < -0.39 is 7.82 Å². The minimum absolute atomic E-state index is 0.252. The lowest BCUT2D eigenvalue weighted by molar-refractivity contribution is 0.199. The van der Waals surface area contributed by atoms with Crippen molar-refractivity contribution in [2.75, 3.05) is 6.61 Å². The van der Waals surface area contributed by atoms with Crippen molar-refractivity contribution in [2.45, 2.75) is 96.8 Å². The Bertz CT molecular complexity index is 559. The summed E-state index contributed by atoms with van der Waals surface area (Å²) in [5.41, 5.74) is 0. The van der Waals surface area contributed by atoms with Gasteiger partial charge in [-0.05, 0) is 44.2 Å². The minimum Gasteiger partial charge on any atom is -0.404 e. The first-order chi connectivity index (χ1) is 14.1. The Balaban J connectivity index is 1.86. The van der Waals surface area contributed by atoms with E-state index in [1.165, 1.54) is 70.6 Å². The smallest absolute Gasteiger partial charge is 0.404 e. The molecule has 1 rings (SSSR count). The van der Waals surface area contributed by atoms with Gasteiger partial charge in [-0.15, -0.1) is 0 Å². The maximum absolute atomic E-state index is 11.8. The lowest BCUT2D eigenvalue weighted by Crippen LogP contribution is -1.99. The molecule has 1 N–H and O–H groups in total. The lowest BCUT2D eigenvalue weighted by atomic mass is 10.1. The quantitative estimate of drug-likeness (QED) is 0.138. The largest absolute Gasteiger partial charge is 0.527 e. The number of phosphoric acid groups is 1. The highest BCUT2D eigenvalue weighted by Crippen LogP contribution is 2.43. The van der Waals surface area contributed by atoms with Gasteiger partial charge in [0.25, 0.3) is 0 Å². The molecule has 4 nitrogen and oxygen atoms in total. The van der Waals surface area contributed by atoms with Crippen LogP contribution in [-0.2, 0) is 9.09 Å². The number of unbranched alkanes of at least 4 members (excludes halogenated alkanes) is 12. The molecule has 1 unspecified atom stereocenters. The summed E-state index contributed by atoms with van der Waals surface area (Å²) >= 11 is 0. The molecule has 29 heavy (non-hydrogen) atoms. The first kappa shape index (κ1) is 25.9. The number of allylic oxidation sites excluding steroid dienone is 2. The Morgan fingerprint density at radius 2 is 1.31 bits per heavy atom. The highest BCUT2D eigenvalue weighted by atomic mass is 31.2. The Morgan fingerprint density at radius 3 is 1.90 bits per heavy atom. The van der Waals surface area contributed by atoms with Gasteiger partial charge in [0, 0.05) is 0 Å². The highest BCUT2D eigenvalue weighted by molar-refractivity contribution is 7.47. The SMILES string of the molecule is CCCCCCCC/C=C\CCCCCCCCOP(=O)(O)Oc1ccccc1. The van der Waals surface area contributed by atoms with Crippen molar-refractivity contribution in [2.24, 2.45) is 0 Å². The maximum atomic E-state index is 11.8. The van der Waals surface area contributed by atoms with Gasteiger partial charge in [0.15, 0.2) is 0 Å². The first-order valence-corrected chi connectivity index (χ1v) is 13.0. The van der Waals surface area contributed by atoms with Gasteiger partial charge in [-0.25, -0.2) is 4.57 Å². The van der Waals surface area contributed by atoms with E-state index in [9.17, 15) is 9.46 Å². The van der Waals surface area contributed by atoms with Gasteiger partial charge in [0.2, 0.25) is 0 Å². The third-order valence-electron chi connectivity index (χ3n) is 4.87. The zero-order valence-corrected chi connectivity index (χ0v) is 19.2. The van der Waals surface area contributed by atoms with Crippen molar-refractivity contribution < 1.29 is 18.5 Å². The molecule has 1 aromatic rings. The molecule has 0 radical (unpaired) electrons. The van der Waals surface area contributed by atoms with Crippen LogP contribution in [0.25, 0.3) is 0 Å². The molecule has 0 spiro atoms. The number of rotatable bonds is 19. The van der Waals surface area contributed by atoms with Gasteiger partial charge in [0.1, 0.15) is 5.75 Å². The summed E-state index contributed by atoms with van der Waals surface area (Å²) in [6.45, 7) is 2.51. The molecule has 0 bridgehead atoms. The van der Waals surface area contributed by atoms with Crippen LogP contribution in [0.15, 0.2) is 42.5 Å². The van der Waals surface area contributed by atoms with E-state index in [-0.39, 0.29) is 6.61 Å². The summed E-state index contributed by atoms with van der Waals surface area (Å²) in [5, 5.41) is 0. The molecule has 0 aliphatic rings. The fraction of sp³-hybridized carbons (Fsp3) is 0.667. The molecule has 5 heteroatoms. The zero-order chi connectivity index (χ0) is 21.0. The molecular formula is C24H41O4P. The molecule has 0 heterocycles. The van der Waals surface area contributed by atoms with Crippen molar-refractivity contribution in [1.29, 1.82) is 0 Å². The van der Waals surface area contributed by atoms with E-state index in [1.807, 2.05) is 6.07 Å². The standard InChI is InChI=1S/C24H41O4P/c1-2-3-4-5-6-7-8-9-10-11-12-13-14-15-16-20-23-27-29(25,26)28-24-21-18-17-19-22-24/h9-10,17-19,21-22H,2-8,11-16,20,23H2,1H3,(H,25,26)/b10-9-. The van der Waals surface area contributed by atoms with Gasteiger partial charge in [-0.1, -0.05) is 95.1 Å². The summed E-state index contributed by atoms with van der Waals surface area (Å²) in [6.07, 6.45) is 21.9. The normalized spacial score (nSPS) is 13.6. The number of hydrogen-bond donors (Lipinski definition) is 1. The van der Waals surface area contributed by atoms with E-state index in [4.69, 9.17) is 9.05 Å². The van der Waals surface area contributed by atoms with Crippen LogP contribution in [0, 0.1) is 0 Å².